The minimum Gasteiger partial charge on any atom is -0.379 e. The molecule has 1 unspecified atom stereocenters. The van der Waals surface area contributed by atoms with Crippen LogP contribution in [0.3, 0.4) is 0 Å². The molecule has 1 aliphatic rings. The molecule has 1 aliphatic heterocycles. The highest BCUT2D eigenvalue weighted by molar-refractivity contribution is 5.75. The van der Waals surface area contributed by atoms with Gasteiger partial charge in [0.1, 0.15) is 12.4 Å². The van der Waals surface area contributed by atoms with Crippen LogP contribution in [0.25, 0.3) is 11.0 Å². The number of alkyl halides is 3. The zero-order chi connectivity index (χ0) is 14.9. The van der Waals surface area contributed by atoms with Crippen LogP contribution >= 0.6 is 0 Å². The van der Waals surface area contributed by atoms with Gasteiger partial charge in [-0.1, -0.05) is 12.1 Å². The molecule has 1 fully saturated rings. The lowest BCUT2D eigenvalue weighted by Crippen LogP contribution is -2.43. The number of hydrogen-bond acceptors (Lipinski definition) is 3. The fourth-order valence-electron chi connectivity index (χ4n) is 2.61. The molecular weight excluding hydrogens is 283 g/mol. The first-order valence-electron chi connectivity index (χ1n) is 6.85. The molecule has 0 saturated carbocycles. The van der Waals surface area contributed by atoms with Gasteiger partial charge in [0, 0.05) is 19.0 Å². The first-order valence-corrected chi connectivity index (χ1v) is 6.85. The normalized spacial score (nSPS) is 20.0. The van der Waals surface area contributed by atoms with Gasteiger partial charge in [-0.2, -0.15) is 13.2 Å². The third kappa shape index (κ3) is 3.36. The Labute approximate surface area is 119 Å². The Balaban J connectivity index is 1.93. The lowest BCUT2D eigenvalue weighted by atomic mass is 10.2. The number of imidazole rings is 1. The Morgan fingerprint density at radius 2 is 2.14 bits per heavy atom. The fraction of sp³-hybridized carbons (Fsp3) is 0.500. The van der Waals surface area contributed by atoms with Crippen molar-refractivity contribution in [2.75, 3.05) is 19.8 Å². The second kappa shape index (κ2) is 5.65. The van der Waals surface area contributed by atoms with Gasteiger partial charge in [-0.3, -0.25) is 0 Å². The highest BCUT2D eigenvalue weighted by Gasteiger charge is 2.30. The van der Waals surface area contributed by atoms with Crippen molar-refractivity contribution in [3.8, 4) is 0 Å². The van der Waals surface area contributed by atoms with E-state index in [1.54, 1.807) is 24.3 Å². The number of aromatic nitrogens is 2. The SMILES string of the molecule is FC(F)(F)Cn1c(CC2COCCN2)nc2ccccc21. The van der Waals surface area contributed by atoms with Crippen molar-refractivity contribution in [1.29, 1.82) is 0 Å². The molecular formula is C14H16F3N3O. The zero-order valence-corrected chi connectivity index (χ0v) is 11.4. The average Bonchev–Trinajstić information content (AvgIpc) is 2.76. The number of hydrogen-bond donors (Lipinski definition) is 1. The summed E-state index contributed by atoms with van der Waals surface area (Å²) in [5, 5.41) is 3.24. The van der Waals surface area contributed by atoms with Crippen molar-refractivity contribution in [1.82, 2.24) is 14.9 Å². The molecule has 21 heavy (non-hydrogen) atoms. The van der Waals surface area contributed by atoms with E-state index >= 15 is 0 Å². The third-order valence-electron chi connectivity index (χ3n) is 3.50. The van der Waals surface area contributed by atoms with Gasteiger partial charge < -0.3 is 14.6 Å². The fourth-order valence-corrected chi connectivity index (χ4v) is 2.61. The predicted molar refractivity (Wildman–Crippen MR) is 72.1 cm³/mol. The lowest BCUT2D eigenvalue weighted by molar-refractivity contribution is -0.140. The molecule has 1 saturated heterocycles. The van der Waals surface area contributed by atoms with Gasteiger partial charge in [0.25, 0.3) is 0 Å². The molecule has 0 aliphatic carbocycles. The number of morpholine rings is 1. The van der Waals surface area contributed by atoms with E-state index in [2.05, 4.69) is 10.3 Å². The summed E-state index contributed by atoms with van der Waals surface area (Å²) in [6.07, 6.45) is -3.85. The van der Waals surface area contributed by atoms with Crippen LogP contribution in [0.15, 0.2) is 24.3 Å². The second-order valence-electron chi connectivity index (χ2n) is 5.15. The maximum Gasteiger partial charge on any atom is 0.406 e. The molecule has 3 rings (SSSR count). The van der Waals surface area contributed by atoms with E-state index in [4.69, 9.17) is 4.74 Å². The van der Waals surface area contributed by atoms with E-state index in [1.165, 1.54) is 4.57 Å². The molecule has 0 radical (unpaired) electrons. The molecule has 0 amide bonds. The van der Waals surface area contributed by atoms with Crippen LogP contribution in [0.1, 0.15) is 5.82 Å². The van der Waals surface area contributed by atoms with Crippen LogP contribution in [0.5, 0.6) is 0 Å². The molecule has 0 spiro atoms. The molecule has 2 aromatic rings. The Morgan fingerprint density at radius 1 is 1.33 bits per heavy atom. The van der Waals surface area contributed by atoms with Gasteiger partial charge in [0.2, 0.25) is 0 Å². The standard InChI is InChI=1S/C14H16F3N3O/c15-14(16,17)9-20-12-4-2-1-3-11(12)19-13(20)7-10-8-21-6-5-18-10/h1-4,10,18H,5-9H2. The van der Waals surface area contributed by atoms with Gasteiger partial charge >= 0.3 is 6.18 Å². The van der Waals surface area contributed by atoms with E-state index in [-0.39, 0.29) is 6.04 Å². The van der Waals surface area contributed by atoms with E-state index in [1.807, 2.05) is 0 Å². The topological polar surface area (TPSA) is 39.1 Å². The van der Waals surface area contributed by atoms with Gasteiger partial charge in [-0.05, 0) is 12.1 Å². The third-order valence-corrected chi connectivity index (χ3v) is 3.50. The highest BCUT2D eigenvalue weighted by Crippen LogP contribution is 2.24. The average molecular weight is 299 g/mol. The number of para-hydroxylation sites is 2. The number of nitrogens with zero attached hydrogens (tertiary/aromatic N) is 2. The van der Waals surface area contributed by atoms with Crippen LogP contribution in [-0.2, 0) is 17.7 Å². The van der Waals surface area contributed by atoms with Gasteiger partial charge in [0.15, 0.2) is 0 Å². The first kappa shape index (κ1) is 14.3. The summed E-state index contributed by atoms with van der Waals surface area (Å²) < 4.78 is 45.1. The maximum absolute atomic E-state index is 12.8. The van der Waals surface area contributed by atoms with E-state index in [9.17, 15) is 13.2 Å². The number of benzene rings is 1. The molecule has 0 bridgehead atoms. The van der Waals surface area contributed by atoms with Crippen LogP contribution in [0, 0.1) is 0 Å². The summed E-state index contributed by atoms with van der Waals surface area (Å²) in [6, 6.07) is 6.91. The van der Waals surface area contributed by atoms with Crippen LogP contribution < -0.4 is 5.32 Å². The summed E-state index contributed by atoms with van der Waals surface area (Å²) in [5.74, 6) is 0.441. The molecule has 7 heteroatoms. The summed E-state index contributed by atoms with van der Waals surface area (Å²) >= 11 is 0. The van der Waals surface area contributed by atoms with Crippen LogP contribution in [-0.4, -0.2) is 41.5 Å². The number of nitrogens with one attached hydrogen (secondary N) is 1. The van der Waals surface area contributed by atoms with E-state index in [0.29, 0.717) is 43.0 Å². The molecule has 2 heterocycles. The van der Waals surface area contributed by atoms with Gasteiger partial charge in [-0.25, -0.2) is 4.98 Å². The number of rotatable bonds is 3. The predicted octanol–water partition coefficient (Wildman–Crippen LogP) is 2.13. The highest BCUT2D eigenvalue weighted by atomic mass is 19.4. The largest absolute Gasteiger partial charge is 0.406 e. The number of halogens is 3. The summed E-state index contributed by atoms with van der Waals surface area (Å²) in [7, 11) is 0. The van der Waals surface area contributed by atoms with Gasteiger partial charge in [0.05, 0.1) is 24.2 Å². The Bertz CT molecular complexity index is 617. The Morgan fingerprint density at radius 3 is 2.86 bits per heavy atom. The van der Waals surface area contributed by atoms with Crippen LogP contribution in [0.2, 0.25) is 0 Å². The summed E-state index contributed by atoms with van der Waals surface area (Å²) in [6.45, 7) is 0.825. The molecule has 1 aromatic carbocycles. The Hall–Kier alpha value is -1.60. The van der Waals surface area contributed by atoms with E-state index in [0.717, 1.165) is 0 Å². The molecule has 1 N–H and O–H groups in total. The number of fused-ring (bicyclic) bond motifs is 1. The van der Waals surface area contributed by atoms with Crippen molar-refractivity contribution in [3.63, 3.8) is 0 Å². The van der Waals surface area contributed by atoms with Gasteiger partial charge in [-0.15, -0.1) is 0 Å². The smallest absolute Gasteiger partial charge is 0.379 e. The van der Waals surface area contributed by atoms with E-state index < -0.39 is 12.7 Å². The maximum atomic E-state index is 12.8. The zero-order valence-electron chi connectivity index (χ0n) is 11.4. The minimum atomic E-state index is -4.27. The second-order valence-corrected chi connectivity index (χ2v) is 5.15. The summed E-state index contributed by atoms with van der Waals surface area (Å²) in [5.41, 5.74) is 1.11. The molecule has 1 atom stereocenters. The Kier molecular flexibility index (Phi) is 3.86. The quantitative estimate of drug-likeness (QED) is 0.943. The van der Waals surface area contributed by atoms with Crippen molar-refractivity contribution >= 4 is 11.0 Å². The monoisotopic (exact) mass is 299 g/mol. The minimum absolute atomic E-state index is 0.00236. The van der Waals surface area contributed by atoms with Crippen molar-refractivity contribution in [2.45, 2.75) is 25.2 Å². The van der Waals surface area contributed by atoms with Crippen molar-refractivity contribution < 1.29 is 17.9 Å². The first-order chi connectivity index (χ1) is 10.0. The number of ether oxygens (including phenoxy) is 1. The lowest BCUT2D eigenvalue weighted by Gasteiger charge is -2.24. The van der Waals surface area contributed by atoms with Crippen molar-refractivity contribution in [3.05, 3.63) is 30.1 Å². The van der Waals surface area contributed by atoms with Crippen molar-refractivity contribution in [2.24, 2.45) is 0 Å². The molecule has 4 nitrogen and oxygen atoms in total. The van der Waals surface area contributed by atoms with Crippen LogP contribution in [0.4, 0.5) is 13.2 Å². The summed E-state index contributed by atoms with van der Waals surface area (Å²) in [4.78, 5) is 4.36. The molecule has 114 valence electrons. The molecule has 1 aromatic heterocycles.